The number of aromatic nitrogens is 1. The van der Waals surface area contributed by atoms with E-state index in [1.807, 2.05) is 32.0 Å². The molecule has 2 aromatic heterocycles. The summed E-state index contributed by atoms with van der Waals surface area (Å²) >= 11 is 0. The minimum absolute atomic E-state index is 0.134. The Morgan fingerprint density at radius 3 is 2.77 bits per heavy atom. The fraction of sp³-hybridized carbons (Fsp3) is 0.217. The van der Waals surface area contributed by atoms with E-state index in [0.29, 0.717) is 23.6 Å². The molecule has 0 radical (unpaired) electrons. The number of hydrogen-bond acceptors (Lipinski definition) is 6. The highest BCUT2D eigenvalue weighted by atomic mass is 16.7. The maximum absolute atomic E-state index is 12.3. The molecule has 0 saturated heterocycles. The minimum Gasteiger partial charge on any atom is -0.467 e. The molecule has 0 aliphatic carbocycles. The second-order valence-corrected chi connectivity index (χ2v) is 6.92. The summed E-state index contributed by atoms with van der Waals surface area (Å²) in [6.07, 6.45) is 4.66. The van der Waals surface area contributed by atoms with E-state index in [2.05, 4.69) is 4.57 Å². The number of ketones is 1. The zero-order valence-corrected chi connectivity index (χ0v) is 16.7. The first-order valence-corrected chi connectivity index (χ1v) is 9.48. The maximum Gasteiger partial charge on any atom is 0.331 e. The number of esters is 1. The van der Waals surface area contributed by atoms with Crippen LogP contribution in [0.5, 0.6) is 11.5 Å². The molecule has 3 aromatic rings. The average molecular weight is 407 g/mol. The maximum atomic E-state index is 12.3. The normalized spacial score (nSPS) is 12.5. The van der Waals surface area contributed by atoms with Gasteiger partial charge < -0.3 is 23.2 Å². The molecule has 1 aromatic carbocycles. The van der Waals surface area contributed by atoms with Crippen LogP contribution < -0.4 is 9.47 Å². The van der Waals surface area contributed by atoms with Gasteiger partial charge in [-0.2, -0.15) is 0 Å². The molecule has 7 heteroatoms. The van der Waals surface area contributed by atoms with E-state index < -0.39 is 5.97 Å². The van der Waals surface area contributed by atoms with Gasteiger partial charge in [-0.1, -0.05) is 0 Å². The van der Waals surface area contributed by atoms with Crippen molar-refractivity contribution < 1.29 is 28.2 Å². The first-order valence-electron chi connectivity index (χ1n) is 9.48. The fourth-order valence-corrected chi connectivity index (χ4v) is 3.29. The third kappa shape index (κ3) is 4.15. The second kappa shape index (κ2) is 8.32. The molecule has 0 unspecified atom stereocenters. The smallest absolute Gasteiger partial charge is 0.331 e. The lowest BCUT2D eigenvalue weighted by atomic mass is 10.1. The lowest BCUT2D eigenvalue weighted by Gasteiger charge is -2.07. The largest absolute Gasteiger partial charge is 0.467 e. The van der Waals surface area contributed by atoms with Gasteiger partial charge in [0.25, 0.3) is 0 Å². The molecule has 0 N–H and O–H groups in total. The lowest BCUT2D eigenvalue weighted by Crippen LogP contribution is -2.12. The Morgan fingerprint density at radius 1 is 1.13 bits per heavy atom. The Hall–Kier alpha value is -3.74. The molecule has 0 amide bonds. The van der Waals surface area contributed by atoms with Gasteiger partial charge in [0, 0.05) is 23.0 Å². The van der Waals surface area contributed by atoms with Gasteiger partial charge in [-0.25, -0.2) is 4.79 Å². The first-order chi connectivity index (χ1) is 14.5. The summed E-state index contributed by atoms with van der Waals surface area (Å²) in [5.74, 6) is 1.06. The van der Waals surface area contributed by atoms with E-state index in [1.54, 1.807) is 30.5 Å². The van der Waals surface area contributed by atoms with Crippen LogP contribution in [0.15, 0.2) is 53.2 Å². The van der Waals surface area contributed by atoms with Gasteiger partial charge in [0.15, 0.2) is 23.9 Å². The van der Waals surface area contributed by atoms with E-state index in [4.69, 9.17) is 18.6 Å². The number of nitrogens with zero attached hydrogens (tertiary/aromatic N) is 1. The molecule has 4 rings (SSSR count). The van der Waals surface area contributed by atoms with Gasteiger partial charge in [-0.15, -0.1) is 0 Å². The summed E-state index contributed by atoms with van der Waals surface area (Å²) < 4.78 is 23.1. The monoisotopic (exact) mass is 407 g/mol. The van der Waals surface area contributed by atoms with Crippen LogP contribution in [0.25, 0.3) is 6.08 Å². The van der Waals surface area contributed by atoms with Crippen molar-refractivity contribution in [1.29, 1.82) is 0 Å². The topological polar surface area (TPSA) is 79.9 Å². The Kier molecular flexibility index (Phi) is 5.43. The minimum atomic E-state index is -0.583. The van der Waals surface area contributed by atoms with Gasteiger partial charge in [-0.3, -0.25) is 4.79 Å². The number of rotatable bonds is 7. The molecule has 0 atom stereocenters. The van der Waals surface area contributed by atoms with E-state index in [0.717, 1.165) is 22.7 Å². The summed E-state index contributed by atoms with van der Waals surface area (Å²) in [4.78, 5) is 24.3. The summed E-state index contributed by atoms with van der Waals surface area (Å²) in [5.41, 5.74) is 3.36. The van der Waals surface area contributed by atoms with Gasteiger partial charge in [0.05, 0.1) is 12.8 Å². The number of furan rings is 1. The lowest BCUT2D eigenvalue weighted by molar-refractivity contribution is -0.136. The molecule has 0 fully saturated rings. The van der Waals surface area contributed by atoms with Crippen LogP contribution >= 0.6 is 0 Å². The molecule has 154 valence electrons. The van der Waals surface area contributed by atoms with Crippen molar-refractivity contribution in [2.75, 3.05) is 13.4 Å². The van der Waals surface area contributed by atoms with E-state index in [9.17, 15) is 9.59 Å². The quantitative estimate of drug-likeness (QED) is 0.336. The number of hydrogen-bond donors (Lipinski definition) is 0. The van der Waals surface area contributed by atoms with Gasteiger partial charge in [0.1, 0.15) is 5.76 Å². The Morgan fingerprint density at radius 2 is 1.97 bits per heavy atom. The van der Waals surface area contributed by atoms with Crippen LogP contribution in [0.1, 0.15) is 33.1 Å². The number of Topliss-reactive ketones (excluding diaryl/α,β-unsaturated/α-hetero) is 1. The Labute approximate surface area is 173 Å². The summed E-state index contributed by atoms with van der Waals surface area (Å²) in [6, 6.07) is 10.6. The highest BCUT2D eigenvalue weighted by molar-refractivity contribution is 5.99. The summed E-state index contributed by atoms with van der Waals surface area (Å²) in [7, 11) is 0. The van der Waals surface area contributed by atoms with Crippen molar-refractivity contribution in [2.24, 2.45) is 0 Å². The SMILES string of the molecule is Cc1cc(/C=C/C(=O)OCC(=O)c2ccc3c(c2)OCO3)c(C)n1Cc1ccco1. The van der Waals surface area contributed by atoms with Crippen molar-refractivity contribution in [3.63, 3.8) is 0 Å². The van der Waals surface area contributed by atoms with E-state index in [-0.39, 0.29) is 19.2 Å². The Bertz CT molecular complexity index is 1110. The van der Waals surface area contributed by atoms with Gasteiger partial charge >= 0.3 is 5.97 Å². The highest BCUT2D eigenvalue weighted by Gasteiger charge is 2.17. The van der Waals surface area contributed by atoms with Crippen LogP contribution in [0.2, 0.25) is 0 Å². The van der Waals surface area contributed by atoms with Crippen molar-refractivity contribution in [1.82, 2.24) is 4.57 Å². The van der Waals surface area contributed by atoms with Crippen LogP contribution in [-0.2, 0) is 16.1 Å². The third-order valence-corrected chi connectivity index (χ3v) is 4.95. The molecule has 1 aliphatic heterocycles. The fourth-order valence-electron chi connectivity index (χ4n) is 3.29. The molecule has 30 heavy (non-hydrogen) atoms. The number of benzene rings is 1. The van der Waals surface area contributed by atoms with Crippen LogP contribution in [0.3, 0.4) is 0 Å². The number of carbonyl (C=O) groups excluding carboxylic acids is 2. The molecule has 0 spiro atoms. The van der Waals surface area contributed by atoms with Crippen LogP contribution in [0.4, 0.5) is 0 Å². The molecule has 7 nitrogen and oxygen atoms in total. The standard InChI is InChI=1S/C23H21NO6/c1-15-10-17(16(2)24(15)12-19-4-3-9-27-19)6-8-23(26)28-13-20(25)18-5-7-21-22(11-18)30-14-29-21/h3-11H,12-14H2,1-2H3/b8-6+. The Balaban J connectivity index is 1.35. The van der Waals surface area contributed by atoms with E-state index in [1.165, 1.54) is 6.08 Å². The molecule has 1 aliphatic rings. The third-order valence-electron chi connectivity index (χ3n) is 4.95. The molecular weight excluding hydrogens is 386 g/mol. The number of ether oxygens (including phenoxy) is 3. The summed E-state index contributed by atoms with van der Waals surface area (Å²) in [6.45, 7) is 4.38. The number of fused-ring (bicyclic) bond motifs is 1. The molecular formula is C23H21NO6. The van der Waals surface area contributed by atoms with Gasteiger partial charge in [0.2, 0.25) is 6.79 Å². The predicted molar refractivity (Wildman–Crippen MR) is 109 cm³/mol. The predicted octanol–water partition coefficient (Wildman–Crippen LogP) is 3.91. The van der Waals surface area contributed by atoms with Crippen LogP contribution in [-0.4, -0.2) is 29.7 Å². The summed E-state index contributed by atoms with van der Waals surface area (Å²) in [5, 5.41) is 0. The van der Waals surface area contributed by atoms with E-state index >= 15 is 0 Å². The average Bonchev–Trinajstić information content (AvgIpc) is 3.48. The van der Waals surface area contributed by atoms with Gasteiger partial charge in [-0.05, 0) is 61.9 Å². The van der Waals surface area contributed by atoms with Crippen molar-refractivity contribution in [2.45, 2.75) is 20.4 Å². The van der Waals surface area contributed by atoms with Crippen molar-refractivity contribution in [3.05, 3.63) is 77.0 Å². The zero-order chi connectivity index (χ0) is 21.1. The van der Waals surface area contributed by atoms with Crippen LogP contribution in [0, 0.1) is 13.8 Å². The van der Waals surface area contributed by atoms with Crippen molar-refractivity contribution >= 4 is 17.8 Å². The second-order valence-electron chi connectivity index (χ2n) is 6.92. The molecule has 3 heterocycles. The molecule has 0 saturated carbocycles. The first kappa shape index (κ1) is 19.6. The van der Waals surface area contributed by atoms with Crippen molar-refractivity contribution in [3.8, 4) is 11.5 Å². The highest BCUT2D eigenvalue weighted by Crippen LogP contribution is 2.32. The number of aryl methyl sites for hydroxylation is 1. The number of carbonyl (C=O) groups is 2. The molecule has 0 bridgehead atoms. The zero-order valence-electron chi connectivity index (χ0n) is 16.7.